The number of rotatable bonds is 9. The molecular weight excluding hydrogens is 508 g/mol. The van der Waals surface area contributed by atoms with Crippen LogP contribution in [0.2, 0.25) is 0 Å². The summed E-state index contributed by atoms with van der Waals surface area (Å²) >= 11 is 0. The van der Waals surface area contributed by atoms with E-state index in [9.17, 15) is 19.8 Å². The van der Waals surface area contributed by atoms with Crippen molar-refractivity contribution in [3.8, 4) is 5.75 Å². The molecule has 5 N–H and O–H groups in total. The largest absolute Gasteiger partial charge is 0.508 e. The highest BCUT2D eigenvalue weighted by atomic mass is 16.5. The van der Waals surface area contributed by atoms with Crippen LogP contribution in [0.4, 0.5) is 0 Å². The molecule has 1 saturated carbocycles. The smallest absolute Gasteiger partial charge is 0.251 e. The average Bonchev–Trinajstić information content (AvgIpc) is 3.64. The first-order valence-electron chi connectivity index (χ1n) is 14.1. The second kappa shape index (κ2) is 10.2. The molecule has 0 bridgehead atoms. The van der Waals surface area contributed by atoms with Gasteiger partial charge in [0.25, 0.3) is 5.91 Å². The normalized spacial score (nSPS) is 25.2. The number of aromatic hydroxyl groups is 1. The number of ether oxygens (including phenoxy) is 1. The molecule has 9 heteroatoms. The van der Waals surface area contributed by atoms with E-state index in [1.165, 1.54) is 11.0 Å². The van der Waals surface area contributed by atoms with Crippen LogP contribution in [-0.4, -0.2) is 57.7 Å². The van der Waals surface area contributed by atoms with Gasteiger partial charge in [-0.2, -0.15) is 0 Å². The SMILES string of the molecule is CCC1(CC)CC(=O)N([C@@H](c2cc(C(=O)NC3c4ccccc4CC3(C)O)ccc2O)C2(COC)CC2)C(N)=N1. The third-order valence-corrected chi connectivity index (χ3v) is 9.22. The van der Waals surface area contributed by atoms with Crippen molar-refractivity contribution in [1.29, 1.82) is 0 Å². The van der Waals surface area contributed by atoms with Gasteiger partial charge in [-0.05, 0) is 61.9 Å². The summed E-state index contributed by atoms with van der Waals surface area (Å²) in [5.74, 6) is -0.455. The molecule has 0 aromatic heterocycles. The Kier molecular flexibility index (Phi) is 7.17. The molecule has 3 atom stereocenters. The van der Waals surface area contributed by atoms with Gasteiger partial charge in [0.05, 0.1) is 36.3 Å². The standard InChI is InChI=1S/C31H40N4O5/c1-5-31(6-2)17-24(37)35(28(32)34-31)26(30(13-14-30)18-40-4)22-15-19(11-12-23(22)36)27(38)33-25-21-10-8-7-9-20(21)16-29(25,3)39/h7-12,15,25-26,36,39H,5-6,13-14,16-18H2,1-4H3,(H2,32,34)(H,33,38)/t25?,26-,29?/m0/s1. The number of carbonyl (C=O) groups is 2. The summed E-state index contributed by atoms with van der Waals surface area (Å²) in [6, 6.07) is 11.1. The van der Waals surface area contributed by atoms with Crippen molar-refractivity contribution in [2.75, 3.05) is 13.7 Å². The summed E-state index contributed by atoms with van der Waals surface area (Å²) in [6.45, 7) is 6.08. The van der Waals surface area contributed by atoms with Gasteiger partial charge in [0, 0.05) is 30.1 Å². The molecule has 2 unspecified atom stereocenters. The summed E-state index contributed by atoms with van der Waals surface area (Å²) in [5.41, 5.74) is 6.96. The molecule has 9 nitrogen and oxygen atoms in total. The highest BCUT2D eigenvalue weighted by molar-refractivity contribution is 6.00. The van der Waals surface area contributed by atoms with Gasteiger partial charge < -0.3 is 26.0 Å². The first-order valence-corrected chi connectivity index (χ1v) is 14.1. The van der Waals surface area contributed by atoms with Gasteiger partial charge in [0.1, 0.15) is 5.75 Å². The molecule has 2 amide bonds. The van der Waals surface area contributed by atoms with E-state index >= 15 is 0 Å². The zero-order valence-corrected chi connectivity index (χ0v) is 23.7. The molecule has 0 radical (unpaired) electrons. The first-order chi connectivity index (χ1) is 19.0. The Labute approximate surface area is 235 Å². The molecule has 3 aliphatic rings. The number of nitrogens with one attached hydrogen (secondary N) is 1. The molecule has 1 heterocycles. The fourth-order valence-electron chi connectivity index (χ4n) is 6.61. The quantitative estimate of drug-likeness (QED) is 0.377. The highest BCUT2D eigenvalue weighted by Crippen LogP contribution is 2.59. The number of aliphatic hydroxyl groups is 1. The lowest BCUT2D eigenvalue weighted by atomic mass is 9.84. The summed E-state index contributed by atoms with van der Waals surface area (Å²) in [5, 5.41) is 25.2. The molecule has 5 rings (SSSR count). The first kappa shape index (κ1) is 28.1. The van der Waals surface area contributed by atoms with Crippen LogP contribution in [0, 0.1) is 5.41 Å². The minimum Gasteiger partial charge on any atom is -0.508 e. The van der Waals surface area contributed by atoms with Crippen LogP contribution in [0.15, 0.2) is 47.5 Å². The van der Waals surface area contributed by atoms with Crippen molar-refractivity contribution in [3.63, 3.8) is 0 Å². The lowest BCUT2D eigenvalue weighted by molar-refractivity contribution is -0.133. The fraction of sp³-hybridized carbons (Fsp3) is 0.516. The molecule has 2 aromatic carbocycles. The number of phenols is 1. The zero-order valence-electron chi connectivity index (χ0n) is 23.7. The molecule has 0 spiro atoms. The topological polar surface area (TPSA) is 137 Å². The molecule has 40 heavy (non-hydrogen) atoms. The highest BCUT2D eigenvalue weighted by Gasteiger charge is 2.56. The van der Waals surface area contributed by atoms with Crippen LogP contribution < -0.4 is 11.1 Å². The molecule has 1 fully saturated rings. The van der Waals surface area contributed by atoms with Gasteiger partial charge in [0.15, 0.2) is 5.96 Å². The van der Waals surface area contributed by atoms with Crippen LogP contribution in [0.5, 0.6) is 5.75 Å². The minimum absolute atomic E-state index is 0.0365. The lowest BCUT2D eigenvalue weighted by Crippen LogP contribution is -2.54. The Balaban J connectivity index is 1.53. The van der Waals surface area contributed by atoms with Crippen LogP contribution in [0.3, 0.4) is 0 Å². The number of phenolic OH excluding ortho intramolecular Hbond substituents is 1. The Bertz CT molecular complexity index is 1340. The Hall–Kier alpha value is -3.43. The van der Waals surface area contributed by atoms with Crippen molar-refractivity contribution < 1.29 is 24.5 Å². The second-order valence-electron chi connectivity index (χ2n) is 12.0. The van der Waals surface area contributed by atoms with Gasteiger partial charge in [-0.3, -0.25) is 14.5 Å². The number of hydrogen-bond acceptors (Lipinski definition) is 7. The number of hydrogen-bond donors (Lipinski definition) is 4. The van der Waals surface area contributed by atoms with Crippen LogP contribution in [0.25, 0.3) is 0 Å². The minimum atomic E-state index is -1.14. The number of aliphatic imine (C=N–C) groups is 1. The molecule has 214 valence electrons. The van der Waals surface area contributed by atoms with E-state index in [0.717, 1.165) is 24.0 Å². The summed E-state index contributed by atoms with van der Waals surface area (Å²) in [6.07, 6.45) is 3.57. The number of nitrogens with zero attached hydrogens (tertiary/aromatic N) is 2. The van der Waals surface area contributed by atoms with Gasteiger partial charge in [-0.25, -0.2) is 4.99 Å². The third kappa shape index (κ3) is 4.75. The zero-order chi connectivity index (χ0) is 28.9. The maximum absolute atomic E-state index is 13.7. The molecule has 1 aliphatic heterocycles. The molecule has 0 saturated heterocycles. The van der Waals surface area contributed by atoms with Crippen LogP contribution in [-0.2, 0) is 16.0 Å². The number of amides is 2. The number of methoxy groups -OCH3 is 1. The van der Waals surface area contributed by atoms with E-state index in [1.54, 1.807) is 26.2 Å². The van der Waals surface area contributed by atoms with E-state index in [4.69, 9.17) is 15.5 Å². The lowest BCUT2D eigenvalue weighted by Gasteiger charge is -2.43. The predicted molar refractivity (Wildman–Crippen MR) is 152 cm³/mol. The van der Waals surface area contributed by atoms with Crippen LogP contribution >= 0.6 is 0 Å². The number of guanidine groups is 1. The number of carbonyl (C=O) groups excluding carboxylic acids is 2. The monoisotopic (exact) mass is 548 g/mol. The third-order valence-electron chi connectivity index (χ3n) is 9.22. The van der Waals surface area contributed by atoms with Gasteiger partial charge in [0.2, 0.25) is 5.91 Å². The van der Waals surface area contributed by atoms with E-state index < -0.39 is 28.6 Å². The molecular formula is C31H40N4O5. The number of fused-ring (bicyclic) bond motifs is 1. The maximum atomic E-state index is 13.7. The van der Waals surface area contributed by atoms with E-state index in [-0.39, 0.29) is 29.9 Å². The summed E-state index contributed by atoms with van der Waals surface area (Å²) in [4.78, 5) is 33.6. The number of nitrogens with two attached hydrogens (primary N) is 1. The Morgan fingerprint density at radius 2 is 1.90 bits per heavy atom. The fourth-order valence-corrected chi connectivity index (χ4v) is 6.61. The van der Waals surface area contributed by atoms with Crippen LogP contribution in [0.1, 0.15) is 92.0 Å². The van der Waals surface area contributed by atoms with Gasteiger partial charge in [-0.1, -0.05) is 38.1 Å². The average molecular weight is 549 g/mol. The summed E-state index contributed by atoms with van der Waals surface area (Å²) < 4.78 is 5.57. The van der Waals surface area contributed by atoms with Crippen molar-refractivity contribution in [2.45, 2.75) is 82.5 Å². The van der Waals surface area contributed by atoms with E-state index in [2.05, 4.69) is 5.32 Å². The summed E-state index contributed by atoms with van der Waals surface area (Å²) in [7, 11) is 1.61. The van der Waals surface area contributed by atoms with E-state index in [1.807, 2.05) is 38.1 Å². The molecule has 2 aliphatic carbocycles. The van der Waals surface area contributed by atoms with Crippen molar-refractivity contribution in [1.82, 2.24) is 10.2 Å². The number of benzene rings is 2. The molecule has 2 aromatic rings. The second-order valence-corrected chi connectivity index (χ2v) is 12.0. The maximum Gasteiger partial charge on any atom is 0.251 e. The van der Waals surface area contributed by atoms with Crippen molar-refractivity contribution >= 4 is 17.8 Å². The van der Waals surface area contributed by atoms with E-state index in [0.29, 0.717) is 37.0 Å². The van der Waals surface area contributed by atoms with Gasteiger partial charge in [-0.15, -0.1) is 0 Å². The predicted octanol–water partition coefficient (Wildman–Crippen LogP) is 3.74. The van der Waals surface area contributed by atoms with Crippen molar-refractivity contribution in [3.05, 3.63) is 64.7 Å². The Morgan fingerprint density at radius 3 is 2.52 bits per heavy atom. The van der Waals surface area contributed by atoms with Crippen molar-refractivity contribution in [2.24, 2.45) is 16.1 Å². The Morgan fingerprint density at radius 1 is 1.20 bits per heavy atom. The van der Waals surface area contributed by atoms with Gasteiger partial charge >= 0.3 is 0 Å².